The second-order valence-corrected chi connectivity index (χ2v) is 4.55. The number of hydrogen-bond donors (Lipinski definition) is 2. The highest BCUT2D eigenvalue weighted by atomic mass is 32.2. The maximum atomic E-state index is 12.2. The maximum absolute atomic E-state index is 12.2. The van der Waals surface area contributed by atoms with Crippen molar-refractivity contribution in [1.82, 2.24) is 0 Å². The van der Waals surface area contributed by atoms with Gasteiger partial charge in [-0.1, -0.05) is 23.9 Å². The third kappa shape index (κ3) is 5.14. The molecule has 0 aliphatic carbocycles. The van der Waals surface area contributed by atoms with Gasteiger partial charge in [0.25, 0.3) is 5.76 Å². The van der Waals surface area contributed by atoms with Crippen LogP contribution in [0.1, 0.15) is 24.4 Å². The van der Waals surface area contributed by atoms with E-state index in [0.29, 0.717) is 22.2 Å². The number of hydrogen-bond acceptors (Lipinski definition) is 3. The van der Waals surface area contributed by atoms with Crippen LogP contribution in [0.4, 0.5) is 8.78 Å². The summed E-state index contributed by atoms with van der Waals surface area (Å²) in [6.45, 7) is 0. The van der Waals surface area contributed by atoms with E-state index in [-0.39, 0.29) is 12.8 Å². The largest absolute Gasteiger partial charge is 0.481 e. The van der Waals surface area contributed by atoms with Gasteiger partial charge in [0.15, 0.2) is 0 Å². The summed E-state index contributed by atoms with van der Waals surface area (Å²) in [6, 6.07) is 6.06. The standard InChI is InChI=1S/C11H13F2NO2S/c12-11(13)17-8-3-1-2-7(6-8)9(14)4-5-10(15)16/h1-3,6,9,11H,4-5,14H2,(H,15,16). The van der Waals surface area contributed by atoms with Gasteiger partial charge < -0.3 is 10.8 Å². The zero-order chi connectivity index (χ0) is 12.8. The summed E-state index contributed by atoms with van der Waals surface area (Å²) in [5.41, 5.74) is 6.46. The molecular formula is C11H13F2NO2S. The van der Waals surface area contributed by atoms with Gasteiger partial charge in [-0.3, -0.25) is 4.79 Å². The molecule has 94 valence electrons. The second kappa shape index (κ2) is 6.56. The van der Waals surface area contributed by atoms with E-state index in [1.165, 1.54) is 0 Å². The molecule has 0 bridgehead atoms. The summed E-state index contributed by atoms with van der Waals surface area (Å²) in [5.74, 6) is -3.39. The second-order valence-electron chi connectivity index (χ2n) is 3.49. The van der Waals surface area contributed by atoms with Crippen LogP contribution in [0.25, 0.3) is 0 Å². The van der Waals surface area contributed by atoms with Gasteiger partial charge in [0, 0.05) is 17.4 Å². The quantitative estimate of drug-likeness (QED) is 0.773. The first kappa shape index (κ1) is 13.9. The average Bonchev–Trinajstić information content (AvgIpc) is 2.25. The Kier molecular flexibility index (Phi) is 5.37. The summed E-state index contributed by atoms with van der Waals surface area (Å²) in [6.07, 6.45) is 0.255. The highest BCUT2D eigenvalue weighted by molar-refractivity contribution is 7.99. The van der Waals surface area contributed by atoms with Gasteiger partial charge in [-0.2, -0.15) is 8.78 Å². The molecule has 1 atom stereocenters. The Bertz CT molecular complexity index is 387. The third-order valence-electron chi connectivity index (χ3n) is 2.18. The molecule has 0 amide bonds. The number of rotatable bonds is 6. The van der Waals surface area contributed by atoms with E-state index in [9.17, 15) is 13.6 Å². The van der Waals surface area contributed by atoms with Crippen LogP contribution in [-0.2, 0) is 4.79 Å². The lowest BCUT2D eigenvalue weighted by atomic mass is 10.0. The molecule has 6 heteroatoms. The van der Waals surface area contributed by atoms with E-state index >= 15 is 0 Å². The fraction of sp³-hybridized carbons (Fsp3) is 0.364. The summed E-state index contributed by atoms with van der Waals surface area (Å²) in [4.78, 5) is 10.8. The van der Waals surface area contributed by atoms with E-state index in [0.717, 1.165) is 0 Å². The number of benzene rings is 1. The van der Waals surface area contributed by atoms with Crippen molar-refractivity contribution >= 4 is 17.7 Å². The predicted octanol–water partition coefficient (Wildman–Crippen LogP) is 2.87. The van der Waals surface area contributed by atoms with Gasteiger partial charge in [0.1, 0.15) is 0 Å². The molecule has 0 spiro atoms. The number of halogens is 2. The molecule has 0 aliphatic heterocycles. The van der Waals surface area contributed by atoms with Crippen molar-refractivity contribution in [2.45, 2.75) is 29.5 Å². The molecule has 1 aromatic carbocycles. The molecule has 0 radical (unpaired) electrons. The Balaban J connectivity index is 2.66. The molecule has 0 saturated carbocycles. The Morgan fingerprint density at radius 2 is 2.18 bits per heavy atom. The number of carboxylic acids is 1. The Hall–Kier alpha value is -1.14. The third-order valence-corrected chi connectivity index (χ3v) is 2.88. The van der Waals surface area contributed by atoms with E-state index in [1.54, 1.807) is 24.3 Å². The van der Waals surface area contributed by atoms with Crippen LogP contribution in [0, 0.1) is 0 Å². The lowest BCUT2D eigenvalue weighted by molar-refractivity contribution is -0.137. The molecule has 1 unspecified atom stereocenters. The van der Waals surface area contributed by atoms with Crippen molar-refractivity contribution < 1.29 is 18.7 Å². The minimum Gasteiger partial charge on any atom is -0.481 e. The number of alkyl halides is 2. The van der Waals surface area contributed by atoms with Crippen molar-refractivity contribution in [1.29, 1.82) is 0 Å². The minimum absolute atomic E-state index is 0.0343. The summed E-state index contributed by atoms with van der Waals surface area (Å²) in [7, 11) is 0. The van der Waals surface area contributed by atoms with Crippen molar-refractivity contribution in [3.8, 4) is 0 Å². The van der Waals surface area contributed by atoms with Crippen LogP contribution >= 0.6 is 11.8 Å². The van der Waals surface area contributed by atoms with Gasteiger partial charge in [-0.25, -0.2) is 0 Å². The number of thioether (sulfide) groups is 1. The number of carboxylic acid groups (broad SMARTS) is 1. The van der Waals surface area contributed by atoms with Crippen LogP contribution in [0.2, 0.25) is 0 Å². The van der Waals surface area contributed by atoms with Crippen LogP contribution < -0.4 is 5.73 Å². The van der Waals surface area contributed by atoms with Gasteiger partial charge in [-0.15, -0.1) is 0 Å². The summed E-state index contributed by atoms with van der Waals surface area (Å²) < 4.78 is 24.3. The van der Waals surface area contributed by atoms with E-state index in [4.69, 9.17) is 10.8 Å². The molecule has 0 saturated heterocycles. The van der Waals surface area contributed by atoms with Crippen LogP contribution in [0.15, 0.2) is 29.2 Å². The van der Waals surface area contributed by atoms with E-state index in [1.807, 2.05) is 0 Å². The highest BCUT2D eigenvalue weighted by Crippen LogP contribution is 2.27. The first-order valence-corrected chi connectivity index (χ1v) is 5.89. The smallest absolute Gasteiger partial charge is 0.303 e. The van der Waals surface area contributed by atoms with Gasteiger partial charge in [0.2, 0.25) is 0 Å². The Morgan fingerprint density at radius 1 is 1.47 bits per heavy atom. The van der Waals surface area contributed by atoms with Gasteiger partial charge >= 0.3 is 5.97 Å². The number of carbonyl (C=O) groups is 1. The predicted molar refractivity (Wildman–Crippen MR) is 62.1 cm³/mol. The van der Waals surface area contributed by atoms with Crippen molar-refractivity contribution in [3.63, 3.8) is 0 Å². The molecule has 1 rings (SSSR count). The lowest BCUT2D eigenvalue weighted by Gasteiger charge is -2.11. The highest BCUT2D eigenvalue weighted by Gasteiger charge is 2.11. The molecule has 0 fully saturated rings. The molecule has 17 heavy (non-hydrogen) atoms. The summed E-state index contributed by atoms with van der Waals surface area (Å²) >= 11 is 0.449. The number of aliphatic carboxylic acids is 1. The first-order valence-electron chi connectivity index (χ1n) is 5.01. The van der Waals surface area contributed by atoms with Crippen molar-refractivity contribution in [2.75, 3.05) is 0 Å². The van der Waals surface area contributed by atoms with Crippen LogP contribution in [0.3, 0.4) is 0 Å². The lowest BCUT2D eigenvalue weighted by Crippen LogP contribution is -2.12. The normalized spacial score (nSPS) is 12.7. The topological polar surface area (TPSA) is 63.3 Å². The molecule has 0 aliphatic rings. The fourth-order valence-electron chi connectivity index (χ4n) is 1.37. The fourth-order valence-corrected chi connectivity index (χ4v) is 1.93. The molecule has 0 heterocycles. The summed E-state index contributed by atoms with van der Waals surface area (Å²) in [5, 5.41) is 8.52. The molecule has 0 aromatic heterocycles. The molecule has 3 N–H and O–H groups in total. The zero-order valence-electron chi connectivity index (χ0n) is 8.98. The van der Waals surface area contributed by atoms with E-state index < -0.39 is 17.8 Å². The van der Waals surface area contributed by atoms with Gasteiger partial charge in [-0.05, 0) is 24.1 Å². The van der Waals surface area contributed by atoms with Crippen LogP contribution in [-0.4, -0.2) is 16.8 Å². The first-order chi connectivity index (χ1) is 7.99. The monoisotopic (exact) mass is 261 g/mol. The zero-order valence-corrected chi connectivity index (χ0v) is 9.79. The Labute approximate surface area is 102 Å². The molecule has 1 aromatic rings. The van der Waals surface area contributed by atoms with Gasteiger partial charge in [0.05, 0.1) is 0 Å². The average molecular weight is 261 g/mol. The Morgan fingerprint density at radius 3 is 2.76 bits per heavy atom. The SMILES string of the molecule is NC(CCC(=O)O)c1cccc(SC(F)F)c1. The minimum atomic E-state index is -2.47. The maximum Gasteiger partial charge on any atom is 0.303 e. The van der Waals surface area contributed by atoms with E-state index in [2.05, 4.69) is 0 Å². The van der Waals surface area contributed by atoms with Crippen molar-refractivity contribution in [3.05, 3.63) is 29.8 Å². The van der Waals surface area contributed by atoms with Crippen molar-refractivity contribution in [2.24, 2.45) is 5.73 Å². The molecule has 3 nitrogen and oxygen atoms in total. The van der Waals surface area contributed by atoms with Crippen LogP contribution in [0.5, 0.6) is 0 Å². The number of nitrogens with two attached hydrogens (primary N) is 1. The molecular weight excluding hydrogens is 248 g/mol.